The number of carbonyl (C=O) groups excluding carboxylic acids is 1. The van der Waals surface area contributed by atoms with Crippen molar-refractivity contribution in [3.05, 3.63) is 34.0 Å². The van der Waals surface area contributed by atoms with Crippen molar-refractivity contribution < 1.29 is 4.79 Å². The zero-order valence-electron chi connectivity index (χ0n) is 11.1. The molecule has 0 saturated carbocycles. The number of aromatic nitrogens is 1. The molecule has 1 aromatic heterocycles. The van der Waals surface area contributed by atoms with Crippen LogP contribution in [0.4, 0.5) is 0 Å². The molecule has 0 bridgehead atoms. The number of hydrazone groups is 1. The number of aryl methyl sites for hydroxylation is 3. The minimum atomic E-state index is -0.197. The fraction of sp³-hybridized carbons (Fsp3) is 0.286. The molecule has 3 N–H and O–H groups in total. The number of hydrogen-bond donors (Lipinski definition) is 2. The molecule has 3 rings (SSSR count). The highest BCUT2D eigenvalue weighted by Gasteiger charge is 2.25. The predicted molar refractivity (Wildman–Crippen MR) is 80.1 cm³/mol. The molecule has 0 radical (unpaired) electrons. The SMILES string of the molecule is Cn1c(C(=O)NC=NN)c2c3c(cc(Cl)cc31)CCC2. The minimum Gasteiger partial charge on any atom is -0.339 e. The summed E-state index contributed by atoms with van der Waals surface area (Å²) in [5.41, 5.74) is 3.96. The van der Waals surface area contributed by atoms with E-state index in [1.165, 1.54) is 11.9 Å². The Bertz CT molecular complexity index is 733. The molecule has 20 heavy (non-hydrogen) atoms. The second-order valence-corrected chi connectivity index (χ2v) is 5.39. The lowest BCUT2D eigenvalue weighted by Gasteiger charge is -2.13. The van der Waals surface area contributed by atoms with Gasteiger partial charge in [-0.25, -0.2) is 0 Å². The first kappa shape index (κ1) is 13.0. The van der Waals surface area contributed by atoms with Crippen LogP contribution >= 0.6 is 11.6 Å². The third-order valence-corrected chi connectivity index (χ3v) is 4.02. The predicted octanol–water partition coefficient (Wildman–Crippen LogP) is 1.95. The number of nitrogens with two attached hydrogens (primary N) is 1. The molecule has 5 nitrogen and oxygen atoms in total. The summed E-state index contributed by atoms with van der Waals surface area (Å²) in [4.78, 5) is 12.3. The van der Waals surface area contributed by atoms with Gasteiger partial charge in [0, 0.05) is 17.5 Å². The molecule has 1 heterocycles. The van der Waals surface area contributed by atoms with Crippen LogP contribution in [0.2, 0.25) is 5.02 Å². The van der Waals surface area contributed by atoms with E-state index in [1.54, 1.807) is 0 Å². The van der Waals surface area contributed by atoms with Gasteiger partial charge in [0.15, 0.2) is 0 Å². The van der Waals surface area contributed by atoms with Crippen LogP contribution in [0.5, 0.6) is 0 Å². The van der Waals surface area contributed by atoms with E-state index in [0.717, 1.165) is 35.7 Å². The molecule has 0 atom stereocenters. The van der Waals surface area contributed by atoms with Crippen molar-refractivity contribution in [1.82, 2.24) is 9.88 Å². The Labute approximate surface area is 121 Å². The molecule has 1 aliphatic rings. The molecule has 0 unspecified atom stereocenters. The lowest BCUT2D eigenvalue weighted by atomic mass is 9.91. The maximum absolute atomic E-state index is 12.3. The molecular weight excluding hydrogens is 276 g/mol. The van der Waals surface area contributed by atoms with E-state index in [0.29, 0.717) is 10.7 Å². The summed E-state index contributed by atoms with van der Waals surface area (Å²) in [5, 5.41) is 7.74. The van der Waals surface area contributed by atoms with Crippen LogP contribution in [0.25, 0.3) is 10.9 Å². The summed E-state index contributed by atoms with van der Waals surface area (Å²) in [6, 6.07) is 3.90. The number of benzene rings is 1. The average molecular weight is 291 g/mol. The first-order valence-corrected chi connectivity index (χ1v) is 6.83. The molecule has 1 aromatic carbocycles. The minimum absolute atomic E-state index is 0.197. The van der Waals surface area contributed by atoms with Gasteiger partial charge in [-0.05, 0) is 42.5 Å². The van der Waals surface area contributed by atoms with Crippen LogP contribution < -0.4 is 11.2 Å². The summed E-state index contributed by atoms with van der Waals surface area (Å²) in [6.07, 6.45) is 4.12. The van der Waals surface area contributed by atoms with Crippen LogP contribution in [-0.4, -0.2) is 16.8 Å². The average Bonchev–Trinajstić information content (AvgIpc) is 2.71. The third kappa shape index (κ3) is 1.86. The van der Waals surface area contributed by atoms with Gasteiger partial charge in [-0.1, -0.05) is 11.6 Å². The van der Waals surface area contributed by atoms with Crippen molar-refractivity contribution in [3.8, 4) is 0 Å². The topological polar surface area (TPSA) is 72.4 Å². The highest BCUT2D eigenvalue weighted by Crippen LogP contribution is 2.36. The lowest BCUT2D eigenvalue weighted by Crippen LogP contribution is -2.25. The number of carbonyl (C=O) groups is 1. The van der Waals surface area contributed by atoms with Crippen LogP contribution in [0.1, 0.15) is 28.0 Å². The summed E-state index contributed by atoms with van der Waals surface area (Å²) in [6.45, 7) is 0. The van der Waals surface area contributed by atoms with E-state index < -0.39 is 0 Å². The molecule has 0 aliphatic heterocycles. The quantitative estimate of drug-likeness (QED) is 0.384. The molecule has 104 valence electrons. The van der Waals surface area contributed by atoms with Crippen molar-refractivity contribution in [3.63, 3.8) is 0 Å². The fourth-order valence-electron chi connectivity index (χ4n) is 3.05. The zero-order chi connectivity index (χ0) is 14.3. The van der Waals surface area contributed by atoms with Crippen LogP contribution in [0.3, 0.4) is 0 Å². The Kier molecular flexibility index (Phi) is 3.14. The molecule has 6 heteroatoms. The van der Waals surface area contributed by atoms with Crippen molar-refractivity contribution >= 4 is 34.7 Å². The Hall–Kier alpha value is -2.01. The highest BCUT2D eigenvalue weighted by molar-refractivity contribution is 6.31. The van der Waals surface area contributed by atoms with Gasteiger partial charge in [0.25, 0.3) is 5.91 Å². The Balaban J connectivity index is 2.26. The third-order valence-electron chi connectivity index (χ3n) is 3.81. The van der Waals surface area contributed by atoms with E-state index in [4.69, 9.17) is 17.4 Å². The van der Waals surface area contributed by atoms with Crippen molar-refractivity contribution in [2.45, 2.75) is 19.3 Å². The molecule has 1 aliphatic carbocycles. The number of halogens is 1. The van der Waals surface area contributed by atoms with Gasteiger partial charge in [-0.15, -0.1) is 0 Å². The standard InChI is InChI=1S/C14H15ClN4O/c1-19-11-6-9(15)5-8-3-2-4-10(12(8)11)13(19)14(20)17-7-18-16/h5-7H,2-4,16H2,1H3,(H,17,18,20). The summed E-state index contributed by atoms with van der Waals surface area (Å²) in [5.74, 6) is 4.83. The fourth-order valence-corrected chi connectivity index (χ4v) is 3.29. The zero-order valence-corrected chi connectivity index (χ0v) is 11.9. The van der Waals surface area contributed by atoms with Gasteiger partial charge in [-0.3, -0.25) is 4.79 Å². The van der Waals surface area contributed by atoms with E-state index in [-0.39, 0.29) is 5.91 Å². The molecule has 0 spiro atoms. The van der Waals surface area contributed by atoms with E-state index in [1.807, 2.05) is 23.7 Å². The number of nitrogens with zero attached hydrogens (tertiary/aromatic N) is 2. The maximum Gasteiger partial charge on any atom is 0.273 e. The van der Waals surface area contributed by atoms with Gasteiger partial charge < -0.3 is 15.7 Å². The van der Waals surface area contributed by atoms with Gasteiger partial charge >= 0.3 is 0 Å². The number of nitrogens with one attached hydrogen (secondary N) is 1. The van der Waals surface area contributed by atoms with Crippen molar-refractivity contribution in [1.29, 1.82) is 0 Å². The van der Waals surface area contributed by atoms with Crippen LogP contribution in [-0.2, 0) is 19.9 Å². The smallest absolute Gasteiger partial charge is 0.273 e. The molecule has 0 saturated heterocycles. The molecular formula is C14H15ClN4O. The van der Waals surface area contributed by atoms with Crippen molar-refractivity contribution in [2.75, 3.05) is 0 Å². The van der Waals surface area contributed by atoms with Gasteiger partial charge in [0.05, 0.1) is 5.52 Å². The van der Waals surface area contributed by atoms with Crippen LogP contribution in [0.15, 0.2) is 17.2 Å². The van der Waals surface area contributed by atoms with E-state index in [9.17, 15) is 4.79 Å². The monoisotopic (exact) mass is 290 g/mol. The summed E-state index contributed by atoms with van der Waals surface area (Å²) < 4.78 is 1.89. The van der Waals surface area contributed by atoms with Gasteiger partial charge in [0.2, 0.25) is 0 Å². The Morgan fingerprint density at radius 1 is 1.50 bits per heavy atom. The molecule has 1 amide bonds. The number of rotatable bonds is 2. The maximum atomic E-state index is 12.3. The number of amides is 1. The first-order valence-electron chi connectivity index (χ1n) is 6.45. The Morgan fingerprint density at radius 2 is 2.30 bits per heavy atom. The van der Waals surface area contributed by atoms with Gasteiger partial charge in [-0.2, -0.15) is 5.10 Å². The normalized spacial score (nSPS) is 14.1. The first-order chi connectivity index (χ1) is 9.63. The van der Waals surface area contributed by atoms with Crippen LogP contribution in [0, 0.1) is 0 Å². The second kappa shape index (κ2) is 4.83. The Morgan fingerprint density at radius 3 is 3.05 bits per heavy atom. The largest absolute Gasteiger partial charge is 0.339 e. The molecule has 0 fully saturated rings. The summed E-state index contributed by atoms with van der Waals surface area (Å²) >= 11 is 6.17. The van der Waals surface area contributed by atoms with E-state index >= 15 is 0 Å². The van der Waals surface area contributed by atoms with E-state index in [2.05, 4.69) is 10.4 Å². The molecule has 2 aromatic rings. The second-order valence-electron chi connectivity index (χ2n) is 4.95. The lowest BCUT2D eigenvalue weighted by molar-refractivity contribution is 0.0970. The summed E-state index contributed by atoms with van der Waals surface area (Å²) in [7, 11) is 1.88. The van der Waals surface area contributed by atoms with Crippen molar-refractivity contribution in [2.24, 2.45) is 18.0 Å². The van der Waals surface area contributed by atoms with Gasteiger partial charge in [0.1, 0.15) is 12.0 Å². The number of hydrogen-bond acceptors (Lipinski definition) is 3. The highest BCUT2D eigenvalue weighted by atomic mass is 35.5.